The van der Waals surface area contributed by atoms with E-state index in [0.29, 0.717) is 6.54 Å². The second kappa shape index (κ2) is 6.93. The largest absolute Gasteiger partial charge is 0.350 e. The van der Waals surface area contributed by atoms with Crippen LogP contribution >= 0.6 is 11.3 Å². The number of benzene rings is 1. The molecule has 0 aliphatic rings. The first-order valence-electron chi connectivity index (χ1n) is 7.74. The van der Waals surface area contributed by atoms with E-state index in [4.69, 9.17) is 0 Å². The number of rotatable bonds is 6. The molecule has 2 heterocycles. The Labute approximate surface area is 139 Å². The Bertz CT molecular complexity index is 807. The predicted molar refractivity (Wildman–Crippen MR) is 94.6 cm³/mol. The summed E-state index contributed by atoms with van der Waals surface area (Å²) in [6, 6.07) is 11.9. The molecule has 3 aromatic rings. The Kier molecular flexibility index (Phi) is 4.73. The van der Waals surface area contributed by atoms with Gasteiger partial charge in [-0.3, -0.25) is 4.79 Å². The number of likely N-dealkylation sites (N-methyl/N-ethyl adjacent to an activating group) is 1. The number of aryl methyl sites for hydroxylation is 1. The summed E-state index contributed by atoms with van der Waals surface area (Å²) in [6.07, 6.45) is 0. The number of carbonyl (C=O) groups excluding carboxylic acids is 1. The number of thiophene rings is 1. The standard InChI is InChI=1S/C17H20N4OS/c1-3-18-9-10-19-16(22)15-11-14-12(2)20-21(17(14)23-15)13-7-5-4-6-8-13/h4-8,11,18H,3,9-10H2,1-2H3,(H,19,22). The Morgan fingerprint density at radius 3 is 2.78 bits per heavy atom. The SMILES string of the molecule is CCNCCNC(=O)c1cc2c(C)nn(-c3ccccc3)c2s1. The van der Waals surface area contributed by atoms with E-state index in [1.807, 2.05) is 54.9 Å². The lowest BCUT2D eigenvalue weighted by Crippen LogP contribution is -2.31. The summed E-state index contributed by atoms with van der Waals surface area (Å²) in [5.74, 6) is -0.0249. The predicted octanol–water partition coefficient (Wildman–Crippen LogP) is 2.73. The third kappa shape index (κ3) is 3.28. The van der Waals surface area contributed by atoms with Crippen molar-refractivity contribution in [1.29, 1.82) is 0 Å². The molecule has 0 aliphatic heterocycles. The molecule has 0 saturated carbocycles. The van der Waals surface area contributed by atoms with Crippen LogP contribution in [0, 0.1) is 6.92 Å². The van der Waals surface area contributed by atoms with Crippen LogP contribution in [0.5, 0.6) is 0 Å². The van der Waals surface area contributed by atoms with Crippen LogP contribution in [0.25, 0.3) is 15.9 Å². The molecule has 1 aromatic carbocycles. The van der Waals surface area contributed by atoms with E-state index in [2.05, 4.69) is 15.7 Å². The first kappa shape index (κ1) is 15.7. The topological polar surface area (TPSA) is 58.9 Å². The molecule has 0 saturated heterocycles. The molecule has 5 nitrogen and oxygen atoms in total. The van der Waals surface area contributed by atoms with Crippen LogP contribution in [0.2, 0.25) is 0 Å². The molecule has 0 aliphatic carbocycles. The minimum Gasteiger partial charge on any atom is -0.350 e. The van der Waals surface area contributed by atoms with E-state index in [1.165, 1.54) is 11.3 Å². The maximum Gasteiger partial charge on any atom is 0.261 e. The number of fused-ring (bicyclic) bond motifs is 1. The Hall–Kier alpha value is -2.18. The molecular weight excluding hydrogens is 308 g/mol. The maximum atomic E-state index is 12.3. The zero-order valence-corrected chi connectivity index (χ0v) is 14.1. The molecule has 6 heteroatoms. The van der Waals surface area contributed by atoms with Gasteiger partial charge >= 0.3 is 0 Å². The van der Waals surface area contributed by atoms with Crippen molar-refractivity contribution in [1.82, 2.24) is 20.4 Å². The van der Waals surface area contributed by atoms with Crippen LogP contribution in [0.1, 0.15) is 22.3 Å². The van der Waals surface area contributed by atoms with Crippen molar-refractivity contribution in [2.75, 3.05) is 19.6 Å². The van der Waals surface area contributed by atoms with Gasteiger partial charge < -0.3 is 10.6 Å². The summed E-state index contributed by atoms with van der Waals surface area (Å²) in [7, 11) is 0. The molecule has 3 rings (SSSR count). The third-order valence-corrected chi connectivity index (χ3v) is 4.72. The summed E-state index contributed by atoms with van der Waals surface area (Å²) >= 11 is 1.48. The van der Waals surface area contributed by atoms with Gasteiger partial charge in [0.1, 0.15) is 4.83 Å². The van der Waals surface area contributed by atoms with Crippen LogP contribution in [-0.4, -0.2) is 35.3 Å². The van der Waals surface area contributed by atoms with Gasteiger partial charge in [0.05, 0.1) is 16.3 Å². The molecule has 120 valence electrons. The highest BCUT2D eigenvalue weighted by Crippen LogP contribution is 2.30. The first-order valence-corrected chi connectivity index (χ1v) is 8.56. The molecule has 0 bridgehead atoms. The van der Waals surface area contributed by atoms with Crippen molar-refractivity contribution < 1.29 is 4.79 Å². The van der Waals surface area contributed by atoms with Gasteiger partial charge in [-0.15, -0.1) is 11.3 Å². The number of amides is 1. The van der Waals surface area contributed by atoms with Crippen LogP contribution in [0.4, 0.5) is 0 Å². The fourth-order valence-electron chi connectivity index (χ4n) is 2.43. The van der Waals surface area contributed by atoms with Crippen molar-refractivity contribution in [3.63, 3.8) is 0 Å². The van der Waals surface area contributed by atoms with Gasteiger partial charge in [0, 0.05) is 18.5 Å². The van der Waals surface area contributed by atoms with E-state index in [1.54, 1.807) is 0 Å². The number of hydrogen-bond acceptors (Lipinski definition) is 4. The van der Waals surface area contributed by atoms with Gasteiger partial charge in [-0.1, -0.05) is 25.1 Å². The summed E-state index contributed by atoms with van der Waals surface area (Å²) in [5, 5.41) is 11.8. The summed E-state index contributed by atoms with van der Waals surface area (Å²) in [5.41, 5.74) is 1.94. The summed E-state index contributed by atoms with van der Waals surface area (Å²) in [4.78, 5) is 14.0. The smallest absolute Gasteiger partial charge is 0.261 e. The highest BCUT2D eigenvalue weighted by molar-refractivity contribution is 7.20. The second-order valence-corrected chi connectivity index (χ2v) is 6.30. The van der Waals surface area contributed by atoms with Crippen molar-refractivity contribution in [2.45, 2.75) is 13.8 Å². The van der Waals surface area contributed by atoms with Gasteiger partial charge in [0.25, 0.3) is 5.91 Å². The number of para-hydroxylation sites is 1. The van der Waals surface area contributed by atoms with Crippen LogP contribution in [0.15, 0.2) is 36.4 Å². The van der Waals surface area contributed by atoms with E-state index >= 15 is 0 Å². The number of carbonyl (C=O) groups is 1. The zero-order valence-electron chi connectivity index (χ0n) is 13.3. The minimum atomic E-state index is -0.0249. The molecule has 0 unspecified atom stereocenters. The van der Waals surface area contributed by atoms with Crippen molar-refractivity contribution in [2.24, 2.45) is 0 Å². The summed E-state index contributed by atoms with van der Waals surface area (Å²) in [6.45, 7) is 6.34. The van der Waals surface area contributed by atoms with Crippen molar-refractivity contribution >= 4 is 27.5 Å². The average Bonchev–Trinajstić information content (AvgIpc) is 3.13. The molecule has 0 spiro atoms. The lowest BCUT2D eigenvalue weighted by molar-refractivity contribution is 0.0958. The molecule has 23 heavy (non-hydrogen) atoms. The van der Waals surface area contributed by atoms with Crippen molar-refractivity contribution in [3.05, 3.63) is 47.0 Å². The van der Waals surface area contributed by atoms with Gasteiger partial charge in [0.15, 0.2) is 0 Å². The first-order chi connectivity index (χ1) is 11.2. The van der Waals surface area contributed by atoms with Crippen LogP contribution in [0.3, 0.4) is 0 Å². The van der Waals surface area contributed by atoms with E-state index < -0.39 is 0 Å². The maximum absolute atomic E-state index is 12.3. The quantitative estimate of drug-likeness (QED) is 0.684. The fourth-order valence-corrected chi connectivity index (χ4v) is 3.53. The molecule has 0 radical (unpaired) electrons. The zero-order chi connectivity index (χ0) is 16.2. The van der Waals surface area contributed by atoms with Crippen LogP contribution < -0.4 is 10.6 Å². The normalized spacial score (nSPS) is 11.0. The summed E-state index contributed by atoms with van der Waals surface area (Å²) < 4.78 is 1.91. The second-order valence-electron chi connectivity index (χ2n) is 5.27. The molecule has 0 fully saturated rings. The lowest BCUT2D eigenvalue weighted by atomic mass is 10.3. The molecule has 0 atom stereocenters. The Morgan fingerprint density at radius 2 is 2.04 bits per heavy atom. The third-order valence-electron chi connectivity index (χ3n) is 3.61. The van der Waals surface area contributed by atoms with Gasteiger partial charge in [-0.2, -0.15) is 5.10 Å². The molecular formula is C17H20N4OS. The van der Waals surface area contributed by atoms with E-state index in [0.717, 1.165) is 39.6 Å². The average molecular weight is 328 g/mol. The Balaban J connectivity index is 1.86. The highest BCUT2D eigenvalue weighted by atomic mass is 32.1. The molecule has 2 N–H and O–H groups in total. The number of nitrogens with one attached hydrogen (secondary N) is 2. The molecule has 1 amide bonds. The van der Waals surface area contributed by atoms with Crippen molar-refractivity contribution in [3.8, 4) is 5.69 Å². The molecule has 2 aromatic heterocycles. The number of aromatic nitrogens is 2. The van der Waals surface area contributed by atoms with Gasteiger partial charge in [-0.25, -0.2) is 4.68 Å². The van der Waals surface area contributed by atoms with E-state index in [-0.39, 0.29) is 5.91 Å². The lowest BCUT2D eigenvalue weighted by Gasteiger charge is -2.04. The minimum absolute atomic E-state index is 0.0249. The number of hydrogen-bond donors (Lipinski definition) is 2. The van der Waals surface area contributed by atoms with Gasteiger partial charge in [0.2, 0.25) is 0 Å². The monoisotopic (exact) mass is 328 g/mol. The fraction of sp³-hybridized carbons (Fsp3) is 0.294. The Morgan fingerprint density at radius 1 is 1.26 bits per heavy atom. The number of nitrogens with zero attached hydrogens (tertiary/aromatic N) is 2. The van der Waals surface area contributed by atoms with E-state index in [9.17, 15) is 4.79 Å². The van der Waals surface area contributed by atoms with Gasteiger partial charge in [-0.05, 0) is 31.7 Å². The highest BCUT2D eigenvalue weighted by Gasteiger charge is 2.16. The van der Waals surface area contributed by atoms with Crippen LogP contribution in [-0.2, 0) is 0 Å².